The van der Waals surface area contributed by atoms with Crippen LogP contribution in [0.15, 0.2) is 42.5 Å². The van der Waals surface area contributed by atoms with Crippen molar-refractivity contribution in [3.8, 4) is 5.75 Å². The molecule has 0 radical (unpaired) electrons. The first kappa shape index (κ1) is 17.5. The number of ether oxygens (including phenoxy) is 2. The van der Waals surface area contributed by atoms with E-state index in [1.54, 1.807) is 0 Å². The second-order valence-electron chi connectivity index (χ2n) is 6.40. The average Bonchev–Trinajstić information content (AvgIpc) is 2.99. The van der Waals surface area contributed by atoms with Gasteiger partial charge in [0.05, 0.1) is 12.5 Å². The maximum atomic E-state index is 11.0. The molecular formula is C21H24O4. The van der Waals surface area contributed by atoms with Gasteiger partial charge in [0.15, 0.2) is 0 Å². The van der Waals surface area contributed by atoms with E-state index < -0.39 is 12.1 Å². The number of rotatable bonds is 7. The van der Waals surface area contributed by atoms with Crippen LogP contribution < -0.4 is 4.74 Å². The summed E-state index contributed by atoms with van der Waals surface area (Å²) in [6.07, 6.45) is 1.66. The molecule has 132 valence electrons. The van der Waals surface area contributed by atoms with Crippen molar-refractivity contribution in [2.45, 2.75) is 45.3 Å². The lowest BCUT2D eigenvalue weighted by Crippen LogP contribution is -2.10. The lowest BCUT2D eigenvalue weighted by Gasteiger charge is -2.18. The van der Waals surface area contributed by atoms with E-state index in [4.69, 9.17) is 14.6 Å². The highest BCUT2D eigenvalue weighted by molar-refractivity contribution is 5.67. The van der Waals surface area contributed by atoms with Gasteiger partial charge in [0.2, 0.25) is 0 Å². The number of benzene rings is 2. The number of carboxylic acid groups (broad SMARTS) is 1. The van der Waals surface area contributed by atoms with Crippen LogP contribution in [0.2, 0.25) is 0 Å². The van der Waals surface area contributed by atoms with Gasteiger partial charge in [-0.05, 0) is 61.1 Å². The lowest BCUT2D eigenvalue weighted by molar-refractivity contribution is -0.140. The molecule has 4 nitrogen and oxygen atoms in total. The van der Waals surface area contributed by atoms with E-state index in [9.17, 15) is 4.79 Å². The van der Waals surface area contributed by atoms with Gasteiger partial charge in [-0.3, -0.25) is 4.79 Å². The fraction of sp³-hybridized carbons (Fsp3) is 0.381. The maximum absolute atomic E-state index is 11.0. The van der Waals surface area contributed by atoms with Crippen molar-refractivity contribution < 1.29 is 19.4 Å². The standard InChI is InChI=1S/C21H24O4/c1-3-24-20(13-21(22)23)15-7-9-16(10-8-15)25-19-12-11-17-14(2)5-4-6-18(17)19/h4-10,19-20H,3,11-13H2,1-2H3,(H,22,23). The van der Waals surface area contributed by atoms with Gasteiger partial charge in [-0.1, -0.05) is 30.3 Å². The number of carboxylic acids is 1. The van der Waals surface area contributed by atoms with E-state index in [2.05, 4.69) is 25.1 Å². The van der Waals surface area contributed by atoms with Crippen molar-refractivity contribution in [1.82, 2.24) is 0 Å². The lowest BCUT2D eigenvalue weighted by atomic mass is 10.0. The molecule has 1 aliphatic carbocycles. The molecule has 1 N–H and O–H groups in total. The zero-order valence-corrected chi connectivity index (χ0v) is 14.7. The fourth-order valence-electron chi connectivity index (χ4n) is 3.48. The van der Waals surface area contributed by atoms with E-state index in [1.165, 1.54) is 16.7 Å². The first-order valence-corrected chi connectivity index (χ1v) is 8.77. The Bertz CT molecular complexity index is 736. The molecule has 0 heterocycles. The molecule has 25 heavy (non-hydrogen) atoms. The quantitative estimate of drug-likeness (QED) is 0.799. The molecule has 0 fully saturated rings. The third-order valence-corrected chi connectivity index (χ3v) is 4.71. The van der Waals surface area contributed by atoms with Crippen LogP contribution in [0.5, 0.6) is 5.75 Å². The molecule has 3 rings (SSSR count). The van der Waals surface area contributed by atoms with Gasteiger partial charge in [0.25, 0.3) is 0 Å². The number of aliphatic carboxylic acids is 1. The van der Waals surface area contributed by atoms with Crippen LogP contribution in [0, 0.1) is 6.92 Å². The molecule has 0 bridgehead atoms. The van der Waals surface area contributed by atoms with E-state index >= 15 is 0 Å². The van der Waals surface area contributed by atoms with Crippen LogP contribution >= 0.6 is 0 Å². The predicted octanol–water partition coefficient (Wildman–Crippen LogP) is 4.61. The van der Waals surface area contributed by atoms with Crippen LogP contribution in [0.4, 0.5) is 0 Å². The first-order valence-electron chi connectivity index (χ1n) is 8.77. The van der Waals surface area contributed by atoms with Gasteiger partial charge in [0, 0.05) is 6.61 Å². The summed E-state index contributed by atoms with van der Waals surface area (Å²) in [5.41, 5.74) is 4.87. The van der Waals surface area contributed by atoms with Crippen molar-refractivity contribution in [2.75, 3.05) is 6.61 Å². The summed E-state index contributed by atoms with van der Waals surface area (Å²) in [6.45, 7) is 4.49. The largest absolute Gasteiger partial charge is 0.486 e. The Kier molecular flexibility index (Phi) is 5.39. The highest BCUT2D eigenvalue weighted by Crippen LogP contribution is 2.36. The molecule has 0 saturated carbocycles. The number of aryl methyl sites for hydroxylation is 1. The Morgan fingerprint density at radius 2 is 2.00 bits per heavy atom. The molecule has 0 saturated heterocycles. The topological polar surface area (TPSA) is 55.8 Å². The molecule has 0 spiro atoms. The molecular weight excluding hydrogens is 316 g/mol. The van der Waals surface area contributed by atoms with E-state index in [0.29, 0.717) is 6.61 Å². The van der Waals surface area contributed by atoms with Gasteiger partial charge in [-0.2, -0.15) is 0 Å². The smallest absolute Gasteiger partial charge is 0.306 e. The minimum absolute atomic E-state index is 0.0384. The Labute approximate surface area is 148 Å². The number of hydrogen-bond donors (Lipinski definition) is 1. The third-order valence-electron chi connectivity index (χ3n) is 4.71. The molecule has 0 aliphatic heterocycles. The zero-order valence-electron chi connectivity index (χ0n) is 14.7. The molecule has 0 amide bonds. The van der Waals surface area contributed by atoms with Crippen LogP contribution in [0.3, 0.4) is 0 Å². The average molecular weight is 340 g/mol. The highest BCUT2D eigenvalue weighted by Gasteiger charge is 2.25. The summed E-state index contributed by atoms with van der Waals surface area (Å²) < 4.78 is 11.7. The van der Waals surface area contributed by atoms with Crippen molar-refractivity contribution in [3.63, 3.8) is 0 Å². The number of hydrogen-bond acceptors (Lipinski definition) is 3. The Morgan fingerprint density at radius 1 is 1.24 bits per heavy atom. The molecule has 2 aromatic rings. The minimum Gasteiger partial charge on any atom is -0.486 e. The van der Waals surface area contributed by atoms with Crippen molar-refractivity contribution >= 4 is 5.97 Å². The summed E-state index contributed by atoms with van der Waals surface area (Å²) in [6, 6.07) is 14.0. The monoisotopic (exact) mass is 340 g/mol. The van der Waals surface area contributed by atoms with E-state index in [-0.39, 0.29) is 12.5 Å². The summed E-state index contributed by atoms with van der Waals surface area (Å²) in [5.74, 6) is -0.0645. The summed E-state index contributed by atoms with van der Waals surface area (Å²) >= 11 is 0. The highest BCUT2D eigenvalue weighted by atomic mass is 16.5. The van der Waals surface area contributed by atoms with E-state index in [0.717, 1.165) is 24.2 Å². The molecule has 4 heteroatoms. The van der Waals surface area contributed by atoms with Crippen LogP contribution in [0.25, 0.3) is 0 Å². The SMILES string of the molecule is CCOC(CC(=O)O)c1ccc(OC2CCc3c(C)cccc32)cc1. The normalized spacial score (nSPS) is 17.1. The fourth-order valence-corrected chi connectivity index (χ4v) is 3.48. The third kappa shape index (κ3) is 4.02. The van der Waals surface area contributed by atoms with Crippen molar-refractivity contribution in [1.29, 1.82) is 0 Å². The summed E-state index contributed by atoms with van der Waals surface area (Å²) in [7, 11) is 0. The Balaban J connectivity index is 1.71. The van der Waals surface area contributed by atoms with Gasteiger partial charge in [-0.25, -0.2) is 0 Å². The van der Waals surface area contributed by atoms with Gasteiger partial charge >= 0.3 is 5.97 Å². The predicted molar refractivity (Wildman–Crippen MR) is 95.9 cm³/mol. The van der Waals surface area contributed by atoms with Gasteiger partial charge in [0.1, 0.15) is 11.9 Å². The molecule has 2 unspecified atom stereocenters. The Hall–Kier alpha value is -2.33. The second-order valence-corrected chi connectivity index (χ2v) is 6.40. The van der Waals surface area contributed by atoms with Gasteiger partial charge < -0.3 is 14.6 Å². The summed E-state index contributed by atoms with van der Waals surface area (Å²) in [4.78, 5) is 11.0. The van der Waals surface area contributed by atoms with Crippen molar-refractivity contribution in [3.05, 3.63) is 64.7 Å². The zero-order chi connectivity index (χ0) is 17.8. The number of fused-ring (bicyclic) bond motifs is 1. The van der Waals surface area contributed by atoms with E-state index in [1.807, 2.05) is 31.2 Å². The Morgan fingerprint density at radius 3 is 2.68 bits per heavy atom. The minimum atomic E-state index is -0.864. The maximum Gasteiger partial charge on any atom is 0.306 e. The molecule has 2 aromatic carbocycles. The molecule has 2 atom stereocenters. The van der Waals surface area contributed by atoms with Crippen LogP contribution in [0.1, 0.15) is 54.2 Å². The van der Waals surface area contributed by atoms with Crippen molar-refractivity contribution in [2.24, 2.45) is 0 Å². The number of carbonyl (C=O) groups is 1. The second kappa shape index (κ2) is 7.70. The van der Waals surface area contributed by atoms with Crippen LogP contribution in [-0.2, 0) is 16.0 Å². The first-order chi connectivity index (χ1) is 12.1. The molecule has 0 aromatic heterocycles. The van der Waals surface area contributed by atoms with Crippen LogP contribution in [-0.4, -0.2) is 17.7 Å². The van der Waals surface area contributed by atoms with Gasteiger partial charge in [-0.15, -0.1) is 0 Å². The molecule has 1 aliphatic rings. The summed E-state index contributed by atoms with van der Waals surface area (Å²) in [5, 5.41) is 9.03.